The fourth-order valence-corrected chi connectivity index (χ4v) is 2.93. The van der Waals surface area contributed by atoms with E-state index in [1.54, 1.807) is 42.5 Å². The summed E-state index contributed by atoms with van der Waals surface area (Å²) in [7, 11) is 1.52. The molecular formula is C18H15ClN4O4S. The van der Waals surface area contributed by atoms with Crippen LogP contribution in [0.3, 0.4) is 0 Å². The van der Waals surface area contributed by atoms with Crippen molar-refractivity contribution >= 4 is 41.0 Å². The quantitative estimate of drug-likeness (QED) is 0.585. The molecule has 0 aliphatic carbocycles. The summed E-state index contributed by atoms with van der Waals surface area (Å²) in [6.07, 6.45) is 0. The molecule has 0 aliphatic rings. The average molecular weight is 419 g/mol. The second kappa shape index (κ2) is 9.25. The molecule has 0 saturated heterocycles. The Bertz CT molecular complexity index is 981. The predicted octanol–water partition coefficient (Wildman–Crippen LogP) is 3.84. The van der Waals surface area contributed by atoms with E-state index in [1.807, 2.05) is 6.07 Å². The van der Waals surface area contributed by atoms with Crippen LogP contribution in [0, 0.1) is 0 Å². The molecule has 1 heterocycles. The van der Waals surface area contributed by atoms with Gasteiger partial charge in [-0.3, -0.25) is 10.1 Å². The monoisotopic (exact) mass is 418 g/mol. The molecule has 2 N–H and O–H groups in total. The molecule has 0 aliphatic heterocycles. The Hall–Kier alpha value is -3.04. The molecule has 0 bridgehead atoms. The molecule has 1 aromatic heterocycles. The number of hydrogen-bond acceptors (Lipinski definition) is 7. The lowest BCUT2D eigenvalue weighted by Gasteiger charge is -2.05. The number of aromatic nitrogens is 2. The third-order valence-corrected chi connectivity index (χ3v) is 4.46. The number of anilines is 1. The molecular weight excluding hydrogens is 404 g/mol. The van der Waals surface area contributed by atoms with E-state index in [0.29, 0.717) is 22.0 Å². The van der Waals surface area contributed by atoms with E-state index < -0.39 is 11.9 Å². The standard InChI is InChI=1S/C18H15ClN4O4S/c1-26-14-8-7-11(19)9-13(14)16-22-23-18(27-16)28-10-15(24)21-17(25)20-12-5-3-2-4-6-12/h2-9H,10H2,1H3,(H2,20,21,24,25). The minimum absolute atomic E-state index is 0.0729. The largest absolute Gasteiger partial charge is 0.496 e. The number of para-hydroxylation sites is 1. The zero-order valence-corrected chi connectivity index (χ0v) is 16.2. The van der Waals surface area contributed by atoms with Crippen molar-refractivity contribution in [3.8, 4) is 17.2 Å². The second-order valence-corrected chi connectivity index (χ2v) is 6.74. The van der Waals surface area contributed by atoms with Crippen LogP contribution in [0.4, 0.5) is 10.5 Å². The number of ether oxygens (including phenoxy) is 1. The van der Waals surface area contributed by atoms with Gasteiger partial charge in [0, 0.05) is 10.7 Å². The molecule has 0 saturated carbocycles. The van der Waals surface area contributed by atoms with Crippen LogP contribution >= 0.6 is 23.4 Å². The number of halogens is 1. The third kappa shape index (κ3) is 5.24. The lowest BCUT2D eigenvalue weighted by molar-refractivity contribution is -0.117. The van der Waals surface area contributed by atoms with Crippen molar-refractivity contribution in [2.24, 2.45) is 0 Å². The van der Waals surface area contributed by atoms with Crippen molar-refractivity contribution in [1.82, 2.24) is 15.5 Å². The first-order valence-electron chi connectivity index (χ1n) is 8.01. The minimum Gasteiger partial charge on any atom is -0.496 e. The van der Waals surface area contributed by atoms with Crippen molar-refractivity contribution in [2.45, 2.75) is 5.22 Å². The van der Waals surface area contributed by atoms with Crippen LogP contribution in [0.5, 0.6) is 5.75 Å². The van der Waals surface area contributed by atoms with Gasteiger partial charge in [-0.25, -0.2) is 4.79 Å². The first-order valence-corrected chi connectivity index (χ1v) is 9.37. The number of nitrogens with one attached hydrogen (secondary N) is 2. The fraction of sp³-hybridized carbons (Fsp3) is 0.111. The third-order valence-electron chi connectivity index (χ3n) is 3.41. The van der Waals surface area contributed by atoms with Gasteiger partial charge in [-0.1, -0.05) is 41.6 Å². The Balaban J connectivity index is 1.55. The smallest absolute Gasteiger partial charge is 0.325 e. The second-order valence-electron chi connectivity index (χ2n) is 5.37. The fourth-order valence-electron chi connectivity index (χ4n) is 2.20. The Morgan fingerprint density at radius 2 is 1.96 bits per heavy atom. The molecule has 0 atom stereocenters. The summed E-state index contributed by atoms with van der Waals surface area (Å²) in [5, 5.41) is 13.3. The molecule has 2 aromatic carbocycles. The summed E-state index contributed by atoms with van der Waals surface area (Å²) in [4.78, 5) is 23.7. The van der Waals surface area contributed by atoms with E-state index in [-0.39, 0.29) is 16.9 Å². The lowest BCUT2D eigenvalue weighted by atomic mass is 10.2. The molecule has 144 valence electrons. The number of hydrogen-bond donors (Lipinski definition) is 2. The number of amides is 3. The summed E-state index contributed by atoms with van der Waals surface area (Å²) in [5.74, 6) is 0.166. The zero-order valence-electron chi connectivity index (χ0n) is 14.6. The lowest BCUT2D eigenvalue weighted by Crippen LogP contribution is -2.35. The van der Waals surface area contributed by atoms with Crippen LogP contribution < -0.4 is 15.4 Å². The average Bonchev–Trinajstić information content (AvgIpc) is 3.16. The van der Waals surface area contributed by atoms with Gasteiger partial charge in [-0.15, -0.1) is 10.2 Å². The normalized spacial score (nSPS) is 10.4. The number of carbonyl (C=O) groups is 2. The molecule has 3 aromatic rings. The maximum Gasteiger partial charge on any atom is 0.325 e. The van der Waals surface area contributed by atoms with Gasteiger partial charge in [0.25, 0.3) is 11.1 Å². The summed E-state index contributed by atoms with van der Waals surface area (Å²) in [6.45, 7) is 0. The van der Waals surface area contributed by atoms with E-state index in [2.05, 4.69) is 20.8 Å². The van der Waals surface area contributed by atoms with Crippen molar-refractivity contribution in [3.05, 3.63) is 53.6 Å². The number of imide groups is 1. The number of thioether (sulfide) groups is 1. The maximum atomic E-state index is 11.9. The van der Waals surface area contributed by atoms with E-state index in [4.69, 9.17) is 20.8 Å². The van der Waals surface area contributed by atoms with Gasteiger partial charge >= 0.3 is 6.03 Å². The Kier molecular flexibility index (Phi) is 6.51. The highest BCUT2D eigenvalue weighted by Crippen LogP contribution is 2.32. The first-order chi connectivity index (χ1) is 13.5. The van der Waals surface area contributed by atoms with Crippen molar-refractivity contribution in [2.75, 3.05) is 18.2 Å². The van der Waals surface area contributed by atoms with Gasteiger partial charge < -0.3 is 14.5 Å². The number of methoxy groups -OCH3 is 1. The summed E-state index contributed by atoms with van der Waals surface area (Å²) in [5.41, 5.74) is 1.12. The Morgan fingerprint density at radius 1 is 1.18 bits per heavy atom. The van der Waals surface area contributed by atoms with Gasteiger partial charge in [0.15, 0.2) is 0 Å². The first kappa shape index (κ1) is 19.7. The number of carbonyl (C=O) groups excluding carboxylic acids is 2. The van der Waals surface area contributed by atoms with Crippen LogP contribution in [-0.4, -0.2) is 35.0 Å². The minimum atomic E-state index is -0.619. The summed E-state index contributed by atoms with van der Waals surface area (Å²) in [6, 6.07) is 13.2. The molecule has 8 nitrogen and oxygen atoms in total. The topological polar surface area (TPSA) is 106 Å². The van der Waals surface area contributed by atoms with Gasteiger partial charge in [0.05, 0.1) is 18.4 Å². The Morgan fingerprint density at radius 3 is 2.71 bits per heavy atom. The highest BCUT2D eigenvalue weighted by Gasteiger charge is 2.16. The van der Waals surface area contributed by atoms with Crippen molar-refractivity contribution in [3.63, 3.8) is 0 Å². The van der Waals surface area contributed by atoms with E-state index in [9.17, 15) is 9.59 Å². The predicted molar refractivity (Wildman–Crippen MR) is 106 cm³/mol. The molecule has 0 unspecified atom stereocenters. The molecule has 0 radical (unpaired) electrons. The SMILES string of the molecule is COc1ccc(Cl)cc1-c1nnc(SCC(=O)NC(=O)Nc2ccccc2)o1. The summed E-state index contributed by atoms with van der Waals surface area (Å²) < 4.78 is 10.8. The van der Waals surface area contributed by atoms with Crippen LogP contribution in [-0.2, 0) is 4.79 Å². The van der Waals surface area contributed by atoms with Gasteiger partial charge in [-0.05, 0) is 30.3 Å². The molecule has 3 amide bonds. The van der Waals surface area contributed by atoms with Crippen molar-refractivity contribution < 1.29 is 18.7 Å². The van der Waals surface area contributed by atoms with Crippen LogP contribution in [0.1, 0.15) is 0 Å². The number of rotatable bonds is 6. The highest BCUT2D eigenvalue weighted by atomic mass is 35.5. The van der Waals surface area contributed by atoms with E-state index in [0.717, 1.165) is 11.8 Å². The Labute approximate surface area is 169 Å². The zero-order chi connectivity index (χ0) is 19.9. The molecule has 28 heavy (non-hydrogen) atoms. The number of urea groups is 1. The molecule has 10 heteroatoms. The van der Waals surface area contributed by atoms with E-state index in [1.165, 1.54) is 7.11 Å². The highest BCUT2D eigenvalue weighted by molar-refractivity contribution is 7.99. The molecule has 0 spiro atoms. The van der Waals surface area contributed by atoms with Gasteiger partial charge in [0.2, 0.25) is 5.91 Å². The van der Waals surface area contributed by atoms with Crippen LogP contribution in [0.2, 0.25) is 5.02 Å². The van der Waals surface area contributed by atoms with Gasteiger partial charge in [0.1, 0.15) is 5.75 Å². The number of nitrogens with zero attached hydrogens (tertiary/aromatic N) is 2. The summed E-state index contributed by atoms with van der Waals surface area (Å²) >= 11 is 7.00. The van der Waals surface area contributed by atoms with Crippen LogP contribution in [0.25, 0.3) is 11.5 Å². The van der Waals surface area contributed by atoms with Crippen molar-refractivity contribution in [1.29, 1.82) is 0 Å². The maximum absolute atomic E-state index is 11.9. The van der Waals surface area contributed by atoms with Crippen LogP contribution in [0.15, 0.2) is 58.2 Å². The van der Waals surface area contributed by atoms with E-state index >= 15 is 0 Å². The number of benzene rings is 2. The van der Waals surface area contributed by atoms with Gasteiger partial charge in [-0.2, -0.15) is 0 Å². The molecule has 3 rings (SSSR count). The molecule has 0 fully saturated rings.